The summed E-state index contributed by atoms with van der Waals surface area (Å²) in [4.78, 5) is 13.0. The van der Waals surface area contributed by atoms with Gasteiger partial charge in [0.2, 0.25) is 0 Å². The Hall–Kier alpha value is -2.10. The molecule has 9 heteroatoms. The second-order valence-corrected chi connectivity index (χ2v) is 5.86. The van der Waals surface area contributed by atoms with Gasteiger partial charge in [0.25, 0.3) is 5.91 Å². The van der Waals surface area contributed by atoms with E-state index in [4.69, 9.17) is 9.84 Å². The smallest absolute Gasteiger partial charge is 0.406 e. The summed E-state index contributed by atoms with van der Waals surface area (Å²) in [5.41, 5.74) is 0.196. The standard InChI is InChI=1S/C16H16F3NO4S/c17-16(18,19)24-12-5-3-11(4-6-12)15(22)20-10-13(23-8-7-21)14-2-1-9-25-14/h1-6,9,13,21H,7-8,10H2,(H,20,22). The van der Waals surface area contributed by atoms with Gasteiger partial charge in [0.1, 0.15) is 11.9 Å². The van der Waals surface area contributed by atoms with E-state index in [2.05, 4.69) is 10.1 Å². The minimum atomic E-state index is -4.78. The monoisotopic (exact) mass is 375 g/mol. The molecule has 0 saturated heterocycles. The van der Waals surface area contributed by atoms with E-state index in [1.54, 1.807) is 0 Å². The lowest BCUT2D eigenvalue weighted by Gasteiger charge is -2.17. The Balaban J connectivity index is 1.93. The fourth-order valence-electron chi connectivity index (χ4n) is 2.01. The van der Waals surface area contributed by atoms with Crippen LogP contribution in [0.3, 0.4) is 0 Å². The number of carbonyl (C=O) groups is 1. The van der Waals surface area contributed by atoms with Crippen LogP contribution in [0, 0.1) is 0 Å². The average Bonchev–Trinajstić information content (AvgIpc) is 3.08. The molecule has 0 spiro atoms. The molecule has 0 radical (unpaired) electrons. The maximum absolute atomic E-state index is 12.1. The number of hydrogen-bond donors (Lipinski definition) is 2. The third-order valence-electron chi connectivity index (χ3n) is 3.07. The SMILES string of the molecule is O=C(NCC(OCCO)c1cccs1)c1ccc(OC(F)(F)F)cc1. The van der Waals surface area contributed by atoms with Gasteiger partial charge in [-0.25, -0.2) is 0 Å². The van der Waals surface area contributed by atoms with Crippen molar-refractivity contribution in [3.8, 4) is 5.75 Å². The van der Waals surface area contributed by atoms with Crippen molar-refractivity contribution in [2.24, 2.45) is 0 Å². The summed E-state index contributed by atoms with van der Waals surface area (Å²) in [6.07, 6.45) is -5.19. The van der Waals surface area contributed by atoms with Crippen LogP contribution >= 0.6 is 11.3 Å². The highest BCUT2D eigenvalue weighted by Gasteiger charge is 2.31. The van der Waals surface area contributed by atoms with Crippen LogP contribution in [0.5, 0.6) is 5.75 Å². The van der Waals surface area contributed by atoms with Crippen LogP contribution in [-0.4, -0.2) is 37.1 Å². The molecule has 0 aliphatic heterocycles. The Labute approximate surface area is 146 Å². The summed E-state index contributed by atoms with van der Waals surface area (Å²) in [5.74, 6) is -0.848. The van der Waals surface area contributed by atoms with E-state index < -0.39 is 24.1 Å². The largest absolute Gasteiger partial charge is 0.573 e. The van der Waals surface area contributed by atoms with E-state index in [0.717, 1.165) is 17.0 Å². The zero-order valence-electron chi connectivity index (χ0n) is 13.0. The molecule has 1 atom stereocenters. The van der Waals surface area contributed by atoms with Gasteiger partial charge >= 0.3 is 6.36 Å². The molecule has 1 amide bonds. The van der Waals surface area contributed by atoms with Crippen LogP contribution in [-0.2, 0) is 4.74 Å². The predicted octanol–water partition coefficient (Wildman–Crippen LogP) is 3.13. The molecule has 0 fully saturated rings. The van der Waals surface area contributed by atoms with Crippen LogP contribution in [0.1, 0.15) is 21.3 Å². The molecular formula is C16H16F3NO4S. The zero-order valence-corrected chi connectivity index (χ0v) is 13.8. The van der Waals surface area contributed by atoms with Crippen molar-refractivity contribution in [3.05, 3.63) is 52.2 Å². The number of amides is 1. The second-order valence-electron chi connectivity index (χ2n) is 4.88. The lowest BCUT2D eigenvalue weighted by Crippen LogP contribution is -2.29. The van der Waals surface area contributed by atoms with E-state index >= 15 is 0 Å². The van der Waals surface area contributed by atoms with Crippen LogP contribution in [0.4, 0.5) is 13.2 Å². The Morgan fingerprint density at radius 3 is 2.52 bits per heavy atom. The number of halogens is 3. The molecule has 1 aromatic carbocycles. The maximum atomic E-state index is 12.1. The maximum Gasteiger partial charge on any atom is 0.573 e. The molecule has 0 aliphatic rings. The predicted molar refractivity (Wildman–Crippen MR) is 85.6 cm³/mol. The minimum absolute atomic E-state index is 0.127. The number of rotatable bonds is 8. The van der Waals surface area contributed by atoms with Crippen molar-refractivity contribution < 1.29 is 32.5 Å². The molecule has 0 bridgehead atoms. The first-order chi connectivity index (χ1) is 11.9. The number of thiophene rings is 1. The van der Waals surface area contributed by atoms with Gasteiger partial charge in [-0.1, -0.05) is 6.07 Å². The summed E-state index contributed by atoms with van der Waals surface area (Å²) >= 11 is 1.46. The first-order valence-electron chi connectivity index (χ1n) is 7.29. The minimum Gasteiger partial charge on any atom is -0.406 e. The summed E-state index contributed by atoms with van der Waals surface area (Å²) in [6, 6.07) is 8.32. The first-order valence-corrected chi connectivity index (χ1v) is 8.17. The Morgan fingerprint density at radius 2 is 1.96 bits per heavy atom. The van der Waals surface area contributed by atoms with Gasteiger partial charge in [-0.3, -0.25) is 4.79 Å². The number of aliphatic hydroxyl groups is 1. The molecule has 1 aromatic heterocycles. The third kappa shape index (κ3) is 6.37. The molecule has 136 valence electrons. The molecule has 2 rings (SSSR count). The van der Waals surface area contributed by atoms with Gasteiger partial charge in [0.15, 0.2) is 0 Å². The lowest BCUT2D eigenvalue weighted by atomic mass is 10.2. The van der Waals surface area contributed by atoms with Gasteiger partial charge in [-0.2, -0.15) is 0 Å². The number of aliphatic hydroxyl groups excluding tert-OH is 1. The van der Waals surface area contributed by atoms with Gasteiger partial charge in [0, 0.05) is 17.0 Å². The van der Waals surface area contributed by atoms with Crippen molar-refractivity contribution >= 4 is 17.2 Å². The van der Waals surface area contributed by atoms with E-state index in [1.807, 2.05) is 17.5 Å². The molecule has 2 aromatic rings. The van der Waals surface area contributed by atoms with Gasteiger partial charge in [-0.05, 0) is 35.7 Å². The molecule has 0 aliphatic carbocycles. The van der Waals surface area contributed by atoms with Crippen LogP contribution in [0.2, 0.25) is 0 Å². The van der Waals surface area contributed by atoms with Gasteiger partial charge in [-0.15, -0.1) is 24.5 Å². The summed E-state index contributed by atoms with van der Waals surface area (Å²) in [7, 11) is 0. The van der Waals surface area contributed by atoms with Gasteiger partial charge in [0.05, 0.1) is 13.2 Å². The molecule has 2 N–H and O–H groups in total. The molecular weight excluding hydrogens is 359 g/mol. The van der Waals surface area contributed by atoms with Gasteiger partial charge < -0.3 is 19.9 Å². The van der Waals surface area contributed by atoms with Crippen LogP contribution in [0.15, 0.2) is 41.8 Å². The van der Waals surface area contributed by atoms with Crippen molar-refractivity contribution in [2.45, 2.75) is 12.5 Å². The number of ether oxygens (including phenoxy) is 2. The van der Waals surface area contributed by atoms with E-state index in [0.29, 0.717) is 0 Å². The first kappa shape index (κ1) is 19.2. The Morgan fingerprint density at radius 1 is 1.24 bits per heavy atom. The number of hydrogen-bond acceptors (Lipinski definition) is 5. The van der Waals surface area contributed by atoms with Crippen molar-refractivity contribution in [1.82, 2.24) is 5.32 Å². The van der Waals surface area contributed by atoms with E-state index in [-0.39, 0.29) is 25.3 Å². The highest BCUT2D eigenvalue weighted by atomic mass is 32.1. The van der Waals surface area contributed by atoms with E-state index in [1.165, 1.54) is 23.5 Å². The normalized spacial score (nSPS) is 12.6. The van der Waals surface area contributed by atoms with Crippen LogP contribution in [0.25, 0.3) is 0 Å². The van der Waals surface area contributed by atoms with Crippen molar-refractivity contribution in [2.75, 3.05) is 19.8 Å². The second kappa shape index (κ2) is 8.84. The van der Waals surface area contributed by atoms with Crippen LogP contribution < -0.4 is 10.1 Å². The topological polar surface area (TPSA) is 67.8 Å². The summed E-state index contributed by atoms with van der Waals surface area (Å²) in [5, 5.41) is 13.4. The Kier molecular flexibility index (Phi) is 6.80. The molecule has 0 saturated carbocycles. The fraction of sp³-hybridized carbons (Fsp3) is 0.312. The average molecular weight is 375 g/mol. The number of alkyl halides is 3. The quantitative estimate of drug-likeness (QED) is 0.744. The third-order valence-corrected chi connectivity index (χ3v) is 4.03. The molecule has 5 nitrogen and oxygen atoms in total. The molecule has 1 unspecified atom stereocenters. The van der Waals surface area contributed by atoms with Crippen molar-refractivity contribution in [1.29, 1.82) is 0 Å². The van der Waals surface area contributed by atoms with Crippen molar-refractivity contribution in [3.63, 3.8) is 0 Å². The molecule has 25 heavy (non-hydrogen) atoms. The summed E-state index contributed by atoms with van der Waals surface area (Å²) in [6.45, 7) is 0.151. The fourth-order valence-corrected chi connectivity index (χ4v) is 2.78. The van der Waals surface area contributed by atoms with E-state index in [9.17, 15) is 18.0 Å². The zero-order chi connectivity index (χ0) is 18.3. The highest BCUT2D eigenvalue weighted by Crippen LogP contribution is 2.23. The number of benzene rings is 1. The molecule has 1 heterocycles. The number of carbonyl (C=O) groups excluding carboxylic acids is 1. The number of nitrogens with one attached hydrogen (secondary N) is 1. The lowest BCUT2D eigenvalue weighted by molar-refractivity contribution is -0.274. The highest BCUT2D eigenvalue weighted by molar-refractivity contribution is 7.10. The summed E-state index contributed by atoms with van der Waals surface area (Å²) < 4.78 is 45.6. The Bertz CT molecular complexity index is 659.